The molecule has 6 rings (SSSR count). The van der Waals surface area contributed by atoms with Crippen molar-refractivity contribution in [2.75, 3.05) is 31.8 Å². The molecule has 1 aliphatic rings. The van der Waals surface area contributed by atoms with Gasteiger partial charge in [0.15, 0.2) is 6.29 Å². The molecule has 54 heavy (non-hydrogen) atoms. The third-order valence-electron chi connectivity index (χ3n) is 8.57. The lowest BCUT2D eigenvalue weighted by Gasteiger charge is -2.27. The topological polar surface area (TPSA) is 113 Å². The molecule has 1 fully saturated rings. The first-order chi connectivity index (χ1) is 25.8. The van der Waals surface area contributed by atoms with E-state index in [0.29, 0.717) is 12.4 Å². The van der Waals surface area contributed by atoms with Gasteiger partial charge in [-0.2, -0.15) is 8.42 Å². The van der Waals surface area contributed by atoms with Crippen LogP contribution in [0.25, 0.3) is 32.9 Å². The summed E-state index contributed by atoms with van der Waals surface area (Å²) >= 11 is 1.56. The number of thiazole rings is 1. The van der Waals surface area contributed by atoms with Crippen molar-refractivity contribution in [3.63, 3.8) is 0 Å². The quantitative estimate of drug-likeness (QED) is 0.0853. The zero-order chi connectivity index (χ0) is 38.3. The van der Waals surface area contributed by atoms with Crippen molar-refractivity contribution >= 4 is 55.6 Å². The minimum absolute atomic E-state index is 0.0721. The second-order valence-corrected chi connectivity index (χ2v) is 16.8. The van der Waals surface area contributed by atoms with Gasteiger partial charge >= 0.3 is 6.09 Å². The predicted molar refractivity (Wildman–Crippen MR) is 213 cm³/mol. The summed E-state index contributed by atoms with van der Waals surface area (Å²) in [4.78, 5) is 18.8. The van der Waals surface area contributed by atoms with E-state index >= 15 is 0 Å². The van der Waals surface area contributed by atoms with Gasteiger partial charge in [0.05, 0.1) is 21.7 Å². The van der Waals surface area contributed by atoms with Gasteiger partial charge in [-0.1, -0.05) is 66.2 Å². The molecular weight excluding hydrogens is 725 g/mol. The molecule has 1 saturated heterocycles. The fourth-order valence-electron chi connectivity index (χ4n) is 5.58. The van der Waals surface area contributed by atoms with Crippen molar-refractivity contribution < 1.29 is 36.3 Å². The maximum atomic E-state index is 12.9. The van der Waals surface area contributed by atoms with Crippen LogP contribution in [-0.4, -0.2) is 64.4 Å². The van der Waals surface area contributed by atoms with Crippen LogP contribution in [0.2, 0.25) is 0 Å². The van der Waals surface area contributed by atoms with Gasteiger partial charge < -0.3 is 18.9 Å². The van der Waals surface area contributed by atoms with Crippen LogP contribution in [0.3, 0.4) is 0 Å². The summed E-state index contributed by atoms with van der Waals surface area (Å²) in [6, 6.07) is 28.1. The molecule has 1 amide bonds. The average molecular weight is 771 g/mol. The Morgan fingerprint density at radius 3 is 2.28 bits per heavy atom. The number of benzene rings is 4. The summed E-state index contributed by atoms with van der Waals surface area (Å²) < 4.78 is 55.7. The van der Waals surface area contributed by atoms with E-state index in [2.05, 4.69) is 0 Å². The lowest BCUT2D eigenvalue weighted by atomic mass is 10.1. The molecule has 0 bridgehead atoms. The van der Waals surface area contributed by atoms with Gasteiger partial charge in [-0.15, -0.1) is 11.3 Å². The highest BCUT2D eigenvalue weighted by Crippen LogP contribution is 2.33. The molecule has 12 heteroatoms. The first-order valence-corrected chi connectivity index (χ1v) is 20.2. The zero-order valence-corrected chi connectivity index (χ0v) is 32.8. The van der Waals surface area contributed by atoms with E-state index in [1.165, 1.54) is 17.0 Å². The number of nitrogens with zero attached hydrogens (tertiary/aromatic N) is 2. The first-order valence-electron chi connectivity index (χ1n) is 17.9. The van der Waals surface area contributed by atoms with Crippen LogP contribution in [0.15, 0.2) is 95.9 Å². The second-order valence-electron chi connectivity index (χ2n) is 14.2. The zero-order valence-electron chi connectivity index (χ0n) is 31.2. The number of carbonyl (C=O) groups is 1. The minimum Gasteiger partial charge on any atom is -0.491 e. The van der Waals surface area contributed by atoms with Crippen LogP contribution in [0.5, 0.6) is 5.75 Å². The SMILES string of the molecule is Cc1ccc(S(=O)(=O)OCC(COc2ccc3nc(-c4ccc(/C=C/c5ccc(N(C)C(=O)OC(C)(C)C)cc5)cc4)sc3c2)OC2CCCCO2)cc1. The number of anilines is 1. The van der Waals surface area contributed by atoms with Gasteiger partial charge in [-0.25, -0.2) is 9.78 Å². The number of ether oxygens (including phenoxy) is 4. The molecule has 284 valence electrons. The largest absolute Gasteiger partial charge is 0.491 e. The van der Waals surface area contributed by atoms with E-state index in [0.717, 1.165) is 62.4 Å². The van der Waals surface area contributed by atoms with E-state index in [9.17, 15) is 13.2 Å². The van der Waals surface area contributed by atoms with E-state index in [1.54, 1.807) is 30.5 Å². The van der Waals surface area contributed by atoms with Crippen molar-refractivity contribution in [2.24, 2.45) is 0 Å². The monoisotopic (exact) mass is 770 g/mol. The van der Waals surface area contributed by atoms with Crippen LogP contribution in [-0.2, 0) is 28.5 Å². The molecule has 2 heterocycles. The number of aromatic nitrogens is 1. The molecule has 2 unspecified atom stereocenters. The standard InChI is InChI=1S/C42H46N2O8S2/c1-29-9-22-36(23-10-29)54(46,47)50-28-35(51-39-8-6-7-25-48-39)27-49-34-21-24-37-38(26-34)53-40(43-37)32-17-13-30(14-18-32)11-12-31-15-19-33(20-16-31)44(5)41(45)52-42(2,3)4/h9-24,26,35,39H,6-8,25,27-28H2,1-5H3/b12-11+. The Bertz CT molecular complexity index is 2150. The molecule has 10 nitrogen and oxygen atoms in total. The highest BCUT2D eigenvalue weighted by Gasteiger charge is 2.25. The van der Waals surface area contributed by atoms with Crippen molar-refractivity contribution in [2.45, 2.75) is 69.8 Å². The summed E-state index contributed by atoms with van der Waals surface area (Å²) in [7, 11) is -2.28. The van der Waals surface area contributed by atoms with Crippen LogP contribution in [0.4, 0.5) is 10.5 Å². The number of aryl methyl sites for hydroxylation is 1. The maximum absolute atomic E-state index is 12.9. The van der Waals surface area contributed by atoms with Crippen LogP contribution < -0.4 is 9.64 Å². The fourth-order valence-corrected chi connectivity index (χ4v) is 7.52. The first kappa shape index (κ1) is 39.1. The van der Waals surface area contributed by atoms with E-state index < -0.39 is 34.2 Å². The van der Waals surface area contributed by atoms with Crippen molar-refractivity contribution in [3.05, 3.63) is 108 Å². The highest BCUT2D eigenvalue weighted by atomic mass is 32.2. The summed E-state index contributed by atoms with van der Waals surface area (Å²) in [5, 5.41) is 0.882. The smallest absolute Gasteiger partial charge is 0.414 e. The number of fused-ring (bicyclic) bond motifs is 1. The van der Waals surface area contributed by atoms with Gasteiger partial charge in [0.2, 0.25) is 0 Å². The van der Waals surface area contributed by atoms with Gasteiger partial charge in [0.25, 0.3) is 10.1 Å². The van der Waals surface area contributed by atoms with Gasteiger partial charge in [-0.05, 0) is 101 Å². The predicted octanol–water partition coefficient (Wildman–Crippen LogP) is 9.51. The lowest BCUT2D eigenvalue weighted by molar-refractivity contribution is -0.198. The van der Waals surface area contributed by atoms with E-state index in [1.807, 2.05) is 107 Å². The molecule has 1 aliphatic heterocycles. The van der Waals surface area contributed by atoms with Gasteiger partial charge in [0, 0.05) is 24.9 Å². The normalized spacial score (nSPS) is 15.7. The number of carbonyl (C=O) groups excluding carboxylic acids is 1. The summed E-state index contributed by atoms with van der Waals surface area (Å²) in [5.74, 6) is 0.613. The molecule has 5 aromatic rings. The van der Waals surface area contributed by atoms with E-state index in [4.69, 9.17) is 28.1 Å². The number of hydrogen-bond donors (Lipinski definition) is 0. The van der Waals surface area contributed by atoms with Gasteiger partial charge in [0.1, 0.15) is 29.1 Å². The number of rotatable bonds is 13. The Hall–Kier alpha value is -4.59. The Labute approximate surface area is 321 Å². The van der Waals surface area contributed by atoms with Gasteiger partial charge in [-0.3, -0.25) is 9.08 Å². The summed E-state index contributed by atoms with van der Waals surface area (Å²) in [6.07, 6.45) is 5.19. The van der Waals surface area contributed by atoms with Crippen LogP contribution in [0, 0.1) is 6.92 Å². The molecule has 1 aromatic heterocycles. The van der Waals surface area contributed by atoms with E-state index in [-0.39, 0.29) is 18.1 Å². The minimum atomic E-state index is -3.98. The Balaban J connectivity index is 1.07. The van der Waals surface area contributed by atoms with Crippen LogP contribution >= 0.6 is 11.3 Å². The fraction of sp³-hybridized carbons (Fsp3) is 0.333. The summed E-state index contributed by atoms with van der Waals surface area (Å²) in [5.41, 5.74) is 5.04. The van der Waals surface area contributed by atoms with Crippen LogP contribution in [0.1, 0.15) is 56.7 Å². The third kappa shape index (κ3) is 10.8. The lowest BCUT2D eigenvalue weighted by Crippen LogP contribution is -2.35. The molecule has 0 radical (unpaired) electrons. The molecule has 0 aliphatic carbocycles. The van der Waals surface area contributed by atoms with Crippen molar-refractivity contribution in [1.82, 2.24) is 4.98 Å². The second kappa shape index (κ2) is 17.3. The Kier molecular flexibility index (Phi) is 12.5. The molecule has 4 aromatic carbocycles. The Morgan fingerprint density at radius 1 is 0.944 bits per heavy atom. The summed E-state index contributed by atoms with van der Waals surface area (Å²) in [6.45, 7) is 7.88. The number of hydrogen-bond acceptors (Lipinski definition) is 10. The third-order valence-corrected chi connectivity index (χ3v) is 10.9. The maximum Gasteiger partial charge on any atom is 0.414 e. The van der Waals surface area contributed by atoms with Crippen molar-refractivity contribution in [3.8, 4) is 16.3 Å². The molecule has 0 N–H and O–H groups in total. The molecule has 0 saturated carbocycles. The number of amides is 1. The average Bonchev–Trinajstić information content (AvgIpc) is 3.59. The molecular formula is C42H46N2O8S2. The van der Waals surface area contributed by atoms with Crippen molar-refractivity contribution in [1.29, 1.82) is 0 Å². The Morgan fingerprint density at radius 2 is 1.63 bits per heavy atom. The highest BCUT2D eigenvalue weighted by molar-refractivity contribution is 7.86. The molecule has 0 spiro atoms. The molecule has 2 atom stereocenters.